The Morgan fingerprint density at radius 2 is 2.47 bits per heavy atom. The molecule has 1 saturated heterocycles. The van der Waals surface area contributed by atoms with Crippen molar-refractivity contribution in [3.05, 3.63) is 12.2 Å². The second-order valence-electron chi connectivity index (χ2n) is 5.09. The van der Waals surface area contributed by atoms with E-state index in [0.29, 0.717) is 12.3 Å². The number of hydrogen-bond acceptors (Lipinski definition) is 4. The van der Waals surface area contributed by atoms with E-state index < -0.39 is 0 Å². The van der Waals surface area contributed by atoms with Crippen LogP contribution in [0.15, 0.2) is 6.33 Å². The molecule has 1 aliphatic rings. The van der Waals surface area contributed by atoms with Crippen LogP contribution in [0, 0.1) is 11.8 Å². The van der Waals surface area contributed by atoms with Crippen molar-refractivity contribution in [3.8, 4) is 0 Å². The number of Topliss-reactive ketones (excluding diaryl/α,β-unsaturated/α-hetero) is 1. The van der Waals surface area contributed by atoms with E-state index in [0.717, 1.165) is 31.9 Å². The summed E-state index contributed by atoms with van der Waals surface area (Å²) in [6.07, 6.45) is 2.91. The summed E-state index contributed by atoms with van der Waals surface area (Å²) in [5.41, 5.74) is 0. The SMILES string of the molecule is CC(C)Cn1ncnc1CC(=O)C1CCNC1. The van der Waals surface area contributed by atoms with Crippen LogP contribution < -0.4 is 5.32 Å². The smallest absolute Gasteiger partial charge is 0.144 e. The van der Waals surface area contributed by atoms with Gasteiger partial charge >= 0.3 is 0 Å². The first kappa shape index (κ1) is 12.2. The normalized spacial score (nSPS) is 20.1. The van der Waals surface area contributed by atoms with E-state index >= 15 is 0 Å². The van der Waals surface area contributed by atoms with Gasteiger partial charge in [0.05, 0.1) is 6.42 Å². The largest absolute Gasteiger partial charge is 0.316 e. The van der Waals surface area contributed by atoms with Gasteiger partial charge in [0.15, 0.2) is 0 Å². The summed E-state index contributed by atoms with van der Waals surface area (Å²) in [7, 11) is 0. The minimum absolute atomic E-state index is 0.166. The van der Waals surface area contributed by atoms with E-state index in [1.165, 1.54) is 6.33 Å². The Kier molecular flexibility index (Phi) is 3.89. The zero-order valence-corrected chi connectivity index (χ0v) is 10.5. The van der Waals surface area contributed by atoms with Gasteiger partial charge in [-0.05, 0) is 18.9 Å². The number of nitrogens with zero attached hydrogens (tertiary/aromatic N) is 3. The minimum Gasteiger partial charge on any atom is -0.316 e. The molecule has 1 aromatic heterocycles. The number of hydrogen-bond donors (Lipinski definition) is 1. The molecule has 1 aliphatic heterocycles. The van der Waals surface area contributed by atoms with Crippen molar-refractivity contribution >= 4 is 5.78 Å². The summed E-state index contributed by atoms with van der Waals surface area (Å²) >= 11 is 0. The number of carbonyl (C=O) groups is 1. The van der Waals surface area contributed by atoms with Gasteiger partial charge in [0, 0.05) is 19.0 Å². The first-order valence-corrected chi connectivity index (χ1v) is 6.27. The van der Waals surface area contributed by atoms with Crippen LogP contribution in [0.5, 0.6) is 0 Å². The Morgan fingerprint density at radius 3 is 3.12 bits per heavy atom. The lowest BCUT2D eigenvalue weighted by molar-refractivity contribution is -0.121. The zero-order valence-electron chi connectivity index (χ0n) is 10.5. The highest BCUT2D eigenvalue weighted by Crippen LogP contribution is 2.12. The molecule has 5 heteroatoms. The van der Waals surface area contributed by atoms with Gasteiger partial charge in [0.2, 0.25) is 0 Å². The van der Waals surface area contributed by atoms with E-state index in [1.54, 1.807) is 0 Å². The predicted octanol–water partition coefficient (Wildman–Crippen LogP) is 0.655. The van der Waals surface area contributed by atoms with E-state index in [1.807, 2.05) is 4.68 Å². The molecule has 0 saturated carbocycles. The number of carbonyl (C=O) groups excluding carboxylic acids is 1. The maximum atomic E-state index is 12.0. The Bertz CT molecular complexity index is 380. The molecular weight excluding hydrogens is 216 g/mol. The summed E-state index contributed by atoms with van der Waals surface area (Å²) < 4.78 is 1.85. The van der Waals surface area contributed by atoms with Crippen LogP contribution in [-0.4, -0.2) is 33.6 Å². The summed E-state index contributed by atoms with van der Waals surface area (Å²) in [6.45, 7) is 6.86. The van der Waals surface area contributed by atoms with Crippen LogP contribution in [0.1, 0.15) is 26.1 Å². The highest BCUT2D eigenvalue weighted by Gasteiger charge is 2.23. The Labute approximate surface area is 102 Å². The summed E-state index contributed by atoms with van der Waals surface area (Å²) in [5, 5.41) is 7.39. The van der Waals surface area contributed by atoms with Crippen molar-refractivity contribution in [2.75, 3.05) is 13.1 Å². The molecule has 1 atom stereocenters. The topological polar surface area (TPSA) is 59.8 Å². The van der Waals surface area contributed by atoms with E-state index in [9.17, 15) is 4.79 Å². The van der Waals surface area contributed by atoms with Crippen molar-refractivity contribution < 1.29 is 4.79 Å². The average molecular weight is 236 g/mol. The average Bonchev–Trinajstić information content (AvgIpc) is 2.89. The molecule has 1 aromatic rings. The number of ketones is 1. The molecule has 1 N–H and O–H groups in total. The zero-order chi connectivity index (χ0) is 12.3. The summed E-state index contributed by atoms with van der Waals surface area (Å²) in [4.78, 5) is 16.2. The van der Waals surface area contributed by atoms with Crippen molar-refractivity contribution in [3.63, 3.8) is 0 Å². The van der Waals surface area contributed by atoms with Gasteiger partial charge in [0.25, 0.3) is 0 Å². The van der Waals surface area contributed by atoms with Gasteiger partial charge in [0.1, 0.15) is 17.9 Å². The monoisotopic (exact) mass is 236 g/mol. The maximum absolute atomic E-state index is 12.0. The molecule has 17 heavy (non-hydrogen) atoms. The maximum Gasteiger partial charge on any atom is 0.144 e. The Balaban J connectivity index is 1.97. The second-order valence-corrected chi connectivity index (χ2v) is 5.09. The highest BCUT2D eigenvalue weighted by atomic mass is 16.1. The molecule has 1 unspecified atom stereocenters. The molecule has 94 valence electrons. The van der Waals surface area contributed by atoms with Gasteiger partial charge in [-0.25, -0.2) is 9.67 Å². The lowest BCUT2D eigenvalue weighted by Gasteiger charge is -2.10. The third-order valence-corrected chi connectivity index (χ3v) is 3.08. The van der Waals surface area contributed by atoms with Crippen LogP contribution in [0.4, 0.5) is 0 Å². The van der Waals surface area contributed by atoms with Gasteiger partial charge in [-0.1, -0.05) is 13.8 Å². The predicted molar refractivity (Wildman–Crippen MR) is 64.5 cm³/mol. The Hall–Kier alpha value is -1.23. The molecule has 0 aromatic carbocycles. The van der Waals surface area contributed by atoms with Crippen LogP contribution in [0.2, 0.25) is 0 Å². The third-order valence-electron chi connectivity index (χ3n) is 3.08. The van der Waals surface area contributed by atoms with Crippen LogP contribution >= 0.6 is 0 Å². The summed E-state index contributed by atoms with van der Waals surface area (Å²) in [6, 6.07) is 0. The van der Waals surface area contributed by atoms with E-state index in [-0.39, 0.29) is 11.7 Å². The first-order chi connectivity index (χ1) is 8.16. The molecule has 1 fully saturated rings. The van der Waals surface area contributed by atoms with Crippen LogP contribution in [0.3, 0.4) is 0 Å². The van der Waals surface area contributed by atoms with E-state index in [4.69, 9.17) is 0 Å². The fourth-order valence-corrected chi connectivity index (χ4v) is 2.15. The Morgan fingerprint density at radius 1 is 1.65 bits per heavy atom. The molecule has 0 spiro atoms. The molecule has 0 radical (unpaired) electrons. The fourth-order valence-electron chi connectivity index (χ4n) is 2.15. The van der Waals surface area contributed by atoms with Crippen molar-refractivity contribution in [2.24, 2.45) is 11.8 Å². The molecule has 0 bridgehead atoms. The lowest BCUT2D eigenvalue weighted by Crippen LogP contribution is -2.22. The summed E-state index contributed by atoms with van der Waals surface area (Å²) in [5.74, 6) is 1.77. The number of nitrogens with one attached hydrogen (secondary N) is 1. The molecule has 2 rings (SSSR count). The quantitative estimate of drug-likeness (QED) is 0.815. The third kappa shape index (κ3) is 3.12. The van der Waals surface area contributed by atoms with Crippen LogP contribution in [-0.2, 0) is 17.8 Å². The first-order valence-electron chi connectivity index (χ1n) is 6.27. The highest BCUT2D eigenvalue weighted by molar-refractivity contribution is 5.83. The standard InChI is InChI=1S/C12H20N4O/c1-9(2)7-16-12(14-8-15-16)5-11(17)10-3-4-13-6-10/h8-10,13H,3-7H2,1-2H3. The van der Waals surface area contributed by atoms with Crippen molar-refractivity contribution in [1.29, 1.82) is 0 Å². The fraction of sp³-hybridized carbons (Fsp3) is 0.750. The van der Waals surface area contributed by atoms with Crippen molar-refractivity contribution in [2.45, 2.75) is 33.2 Å². The number of aromatic nitrogens is 3. The molecule has 0 aliphatic carbocycles. The van der Waals surface area contributed by atoms with Gasteiger partial charge in [-0.3, -0.25) is 4.79 Å². The molecule has 2 heterocycles. The van der Waals surface area contributed by atoms with Gasteiger partial charge in [-0.2, -0.15) is 5.10 Å². The van der Waals surface area contributed by atoms with Gasteiger partial charge < -0.3 is 5.32 Å². The minimum atomic E-state index is 0.166. The number of rotatable bonds is 5. The van der Waals surface area contributed by atoms with Crippen LogP contribution in [0.25, 0.3) is 0 Å². The second kappa shape index (κ2) is 5.40. The lowest BCUT2D eigenvalue weighted by atomic mass is 10.0. The molecular formula is C12H20N4O. The van der Waals surface area contributed by atoms with Crippen molar-refractivity contribution in [1.82, 2.24) is 20.1 Å². The molecule has 0 amide bonds. The van der Waals surface area contributed by atoms with E-state index in [2.05, 4.69) is 29.2 Å². The van der Waals surface area contributed by atoms with Gasteiger partial charge in [-0.15, -0.1) is 0 Å². The molecule has 5 nitrogen and oxygen atoms in total.